The van der Waals surface area contributed by atoms with E-state index in [0.717, 1.165) is 10.4 Å². The Morgan fingerprint density at radius 1 is 1.19 bits per heavy atom. The molecule has 0 saturated carbocycles. The molecule has 1 amide bonds. The highest BCUT2D eigenvalue weighted by molar-refractivity contribution is 9.10. The number of halogens is 5. The first kappa shape index (κ1) is 19.1. The molecule has 6 nitrogen and oxygen atoms in total. The standard InChI is InChI=1S/C16H12BrF4N5O/c1-7-12(17)15(24-25(7)2)16(27)22-11-3-4-26(23-11)6-8-13(20)9(18)5-10(19)14(8)21/h3-5H,6H2,1-2H3,(H,22,23,27). The Balaban J connectivity index is 1.80. The zero-order chi connectivity index (χ0) is 19.9. The Morgan fingerprint density at radius 3 is 2.37 bits per heavy atom. The van der Waals surface area contributed by atoms with Crippen molar-refractivity contribution < 1.29 is 22.4 Å². The van der Waals surface area contributed by atoms with Crippen LogP contribution in [0.15, 0.2) is 22.8 Å². The van der Waals surface area contributed by atoms with Gasteiger partial charge in [0, 0.05) is 25.4 Å². The number of hydrogen-bond acceptors (Lipinski definition) is 3. The predicted molar refractivity (Wildman–Crippen MR) is 91.2 cm³/mol. The summed E-state index contributed by atoms with van der Waals surface area (Å²) in [7, 11) is 1.67. The minimum absolute atomic E-state index is 0.0768. The van der Waals surface area contributed by atoms with E-state index >= 15 is 0 Å². The van der Waals surface area contributed by atoms with Crippen molar-refractivity contribution in [3.05, 3.63) is 63.0 Å². The Kier molecular flexibility index (Phi) is 5.05. The van der Waals surface area contributed by atoms with E-state index in [1.807, 2.05) is 0 Å². The molecule has 0 aliphatic rings. The number of anilines is 1. The predicted octanol–water partition coefficient (Wildman–Crippen LogP) is 3.54. The van der Waals surface area contributed by atoms with Crippen LogP contribution in [0.3, 0.4) is 0 Å². The van der Waals surface area contributed by atoms with Crippen molar-refractivity contribution in [3.8, 4) is 0 Å². The third-order valence-electron chi connectivity index (χ3n) is 3.88. The maximum absolute atomic E-state index is 13.7. The van der Waals surface area contributed by atoms with E-state index in [4.69, 9.17) is 0 Å². The van der Waals surface area contributed by atoms with Gasteiger partial charge in [-0.3, -0.25) is 14.2 Å². The van der Waals surface area contributed by atoms with E-state index in [1.54, 1.807) is 14.0 Å². The number of rotatable bonds is 4. The summed E-state index contributed by atoms with van der Waals surface area (Å²) in [5, 5.41) is 10.5. The highest BCUT2D eigenvalue weighted by atomic mass is 79.9. The maximum Gasteiger partial charge on any atom is 0.278 e. The Hall–Kier alpha value is -2.69. The largest absolute Gasteiger partial charge is 0.304 e. The van der Waals surface area contributed by atoms with Crippen molar-refractivity contribution in [2.75, 3.05) is 5.32 Å². The van der Waals surface area contributed by atoms with Gasteiger partial charge in [0.15, 0.2) is 34.8 Å². The molecular weight excluding hydrogens is 434 g/mol. The summed E-state index contributed by atoms with van der Waals surface area (Å²) in [6, 6.07) is 1.50. The smallest absolute Gasteiger partial charge is 0.278 e. The van der Waals surface area contributed by atoms with Crippen LogP contribution in [0.2, 0.25) is 0 Å². The molecule has 11 heteroatoms. The van der Waals surface area contributed by atoms with E-state index in [0.29, 0.717) is 4.47 Å². The number of amides is 1. The summed E-state index contributed by atoms with van der Waals surface area (Å²) in [6.07, 6.45) is 1.30. The molecule has 3 rings (SSSR count). The van der Waals surface area contributed by atoms with Crippen molar-refractivity contribution in [2.45, 2.75) is 13.5 Å². The van der Waals surface area contributed by atoms with E-state index in [1.165, 1.54) is 16.9 Å². The fraction of sp³-hybridized carbons (Fsp3) is 0.188. The summed E-state index contributed by atoms with van der Waals surface area (Å²) in [4.78, 5) is 12.3. The highest BCUT2D eigenvalue weighted by Crippen LogP contribution is 2.22. The average Bonchev–Trinajstić information content (AvgIpc) is 3.16. The maximum atomic E-state index is 13.7. The fourth-order valence-corrected chi connectivity index (χ4v) is 2.86. The minimum atomic E-state index is -1.50. The van der Waals surface area contributed by atoms with Gasteiger partial charge in [0.25, 0.3) is 5.91 Å². The molecule has 1 N–H and O–H groups in total. The molecular formula is C16H12BrF4N5O. The zero-order valence-electron chi connectivity index (χ0n) is 14.0. The molecule has 27 heavy (non-hydrogen) atoms. The van der Waals surface area contributed by atoms with Gasteiger partial charge in [-0.2, -0.15) is 10.2 Å². The van der Waals surface area contributed by atoms with Gasteiger partial charge in [0.1, 0.15) is 0 Å². The van der Waals surface area contributed by atoms with Gasteiger partial charge >= 0.3 is 0 Å². The third kappa shape index (κ3) is 3.59. The SMILES string of the molecule is Cc1c(Br)c(C(=O)Nc2ccn(Cc3c(F)c(F)cc(F)c3F)n2)nn1C. The summed E-state index contributed by atoms with van der Waals surface area (Å²) < 4.78 is 57.1. The summed E-state index contributed by atoms with van der Waals surface area (Å²) in [6.45, 7) is 1.21. The quantitative estimate of drug-likeness (QED) is 0.493. The molecule has 3 aromatic rings. The molecule has 2 aromatic heterocycles. The molecule has 0 radical (unpaired) electrons. The van der Waals surface area contributed by atoms with Crippen molar-refractivity contribution in [1.82, 2.24) is 19.6 Å². The number of nitrogens with zero attached hydrogens (tertiary/aromatic N) is 4. The van der Waals surface area contributed by atoms with Crippen LogP contribution >= 0.6 is 15.9 Å². The van der Waals surface area contributed by atoms with Crippen LogP contribution in [0.1, 0.15) is 21.7 Å². The Labute approximate surface area is 158 Å². The lowest BCUT2D eigenvalue weighted by atomic mass is 10.2. The molecule has 0 fully saturated rings. The molecule has 0 saturated heterocycles. The Morgan fingerprint density at radius 2 is 1.81 bits per heavy atom. The van der Waals surface area contributed by atoms with Gasteiger partial charge in [-0.1, -0.05) is 0 Å². The minimum Gasteiger partial charge on any atom is -0.304 e. The van der Waals surface area contributed by atoms with Crippen LogP contribution in [0, 0.1) is 30.2 Å². The van der Waals surface area contributed by atoms with Crippen molar-refractivity contribution in [1.29, 1.82) is 0 Å². The first-order chi connectivity index (χ1) is 12.7. The number of benzene rings is 1. The van der Waals surface area contributed by atoms with Gasteiger partial charge in [-0.05, 0) is 22.9 Å². The van der Waals surface area contributed by atoms with Crippen LogP contribution in [-0.2, 0) is 13.6 Å². The van der Waals surface area contributed by atoms with Crippen LogP contribution in [0.4, 0.5) is 23.4 Å². The van der Waals surface area contributed by atoms with E-state index < -0.39 is 41.3 Å². The van der Waals surface area contributed by atoms with Gasteiger partial charge in [0.05, 0.1) is 22.3 Å². The molecule has 1 aromatic carbocycles. The normalized spacial score (nSPS) is 11.1. The van der Waals surface area contributed by atoms with Gasteiger partial charge in [0.2, 0.25) is 0 Å². The monoisotopic (exact) mass is 445 g/mol. The number of hydrogen-bond donors (Lipinski definition) is 1. The van der Waals surface area contributed by atoms with Crippen molar-refractivity contribution >= 4 is 27.7 Å². The second kappa shape index (κ2) is 7.14. The van der Waals surface area contributed by atoms with E-state index in [9.17, 15) is 22.4 Å². The van der Waals surface area contributed by atoms with Crippen LogP contribution in [0.5, 0.6) is 0 Å². The molecule has 0 spiro atoms. The molecule has 0 unspecified atom stereocenters. The lowest BCUT2D eigenvalue weighted by molar-refractivity contribution is 0.102. The number of nitrogens with one attached hydrogen (secondary N) is 1. The Bertz CT molecular complexity index is 1020. The first-order valence-electron chi connectivity index (χ1n) is 7.54. The van der Waals surface area contributed by atoms with Crippen LogP contribution in [0.25, 0.3) is 0 Å². The molecule has 0 aliphatic carbocycles. The molecule has 0 atom stereocenters. The van der Waals surface area contributed by atoms with Crippen LogP contribution in [-0.4, -0.2) is 25.5 Å². The molecule has 142 valence electrons. The van der Waals surface area contributed by atoms with Crippen molar-refractivity contribution in [3.63, 3.8) is 0 Å². The first-order valence-corrected chi connectivity index (χ1v) is 8.34. The average molecular weight is 446 g/mol. The number of carbonyl (C=O) groups excluding carboxylic acids is 1. The van der Waals surface area contributed by atoms with Crippen molar-refractivity contribution in [2.24, 2.45) is 7.05 Å². The fourth-order valence-electron chi connectivity index (χ4n) is 2.34. The number of aromatic nitrogens is 4. The lowest BCUT2D eigenvalue weighted by Crippen LogP contribution is -2.15. The lowest BCUT2D eigenvalue weighted by Gasteiger charge is -2.07. The van der Waals surface area contributed by atoms with Gasteiger partial charge in [-0.15, -0.1) is 0 Å². The number of aryl methyl sites for hydroxylation is 1. The molecule has 0 bridgehead atoms. The zero-order valence-corrected chi connectivity index (χ0v) is 15.6. The second-order valence-electron chi connectivity index (χ2n) is 5.67. The topological polar surface area (TPSA) is 64.7 Å². The molecule has 2 heterocycles. The second-order valence-corrected chi connectivity index (χ2v) is 6.46. The molecule has 0 aliphatic heterocycles. The van der Waals surface area contributed by atoms with Gasteiger partial charge in [-0.25, -0.2) is 17.6 Å². The third-order valence-corrected chi connectivity index (χ3v) is 4.83. The summed E-state index contributed by atoms with van der Waals surface area (Å²) in [5.41, 5.74) is 0.0650. The summed E-state index contributed by atoms with van der Waals surface area (Å²) in [5.74, 6) is -6.47. The van der Waals surface area contributed by atoms with E-state index in [2.05, 4.69) is 31.4 Å². The van der Waals surface area contributed by atoms with Crippen LogP contribution < -0.4 is 5.32 Å². The van der Waals surface area contributed by atoms with E-state index in [-0.39, 0.29) is 17.6 Å². The number of carbonyl (C=O) groups is 1. The summed E-state index contributed by atoms with van der Waals surface area (Å²) >= 11 is 3.27. The highest BCUT2D eigenvalue weighted by Gasteiger charge is 2.21. The van der Waals surface area contributed by atoms with Gasteiger partial charge < -0.3 is 5.32 Å².